The summed E-state index contributed by atoms with van der Waals surface area (Å²) in [7, 11) is 0. The molecule has 2 amide bonds. The highest BCUT2D eigenvalue weighted by Crippen LogP contribution is 2.24. The van der Waals surface area contributed by atoms with Gasteiger partial charge in [-0.25, -0.2) is 0 Å². The number of anilines is 2. The van der Waals surface area contributed by atoms with Gasteiger partial charge in [0.2, 0.25) is 0 Å². The molecule has 0 spiro atoms. The number of aryl methyl sites for hydroxylation is 1. The van der Waals surface area contributed by atoms with Gasteiger partial charge in [-0.15, -0.1) is 11.8 Å². The monoisotopic (exact) mass is 437 g/mol. The van der Waals surface area contributed by atoms with Crippen LogP contribution in [-0.4, -0.2) is 55.3 Å². The fourth-order valence-electron chi connectivity index (χ4n) is 3.82. The van der Waals surface area contributed by atoms with E-state index in [4.69, 9.17) is 4.74 Å². The fourth-order valence-corrected chi connectivity index (χ4v) is 4.45. The lowest BCUT2D eigenvalue weighted by atomic mass is 10.1. The summed E-state index contributed by atoms with van der Waals surface area (Å²) in [5.74, 6) is 0.854. The highest BCUT2D eigenvalue weighted by atomic mass is 32.2. The van der Waals surface area contributed by atoms with Gasteiger partial charge in [0.05, 0.1) is 6.61 Å². The number of amides is 2. The van der Waals surface area contributed by atoms with E-state index in [0.717, 1.165) is 18.8 Å². The first-order valence-corrected chi connectivity index (χ1v) is 11.5. The van der Waals surface area contributed by atoms with Crippen molar-refractivity contribution in [3.05, 3.63) is 70.3 Å². The molecule has 1 N–H and O–H groups in total. The third-order valence-electron chi connectivity index (χ3n) is 5.72. The van der Waals surface area contributed by atoms with Crippen LogP contribution in [0.5, 0.6) is 0 Å². The Kier molecular flexibility index (Phi) is 6.51. The van der Waals surface area contributed by atoms with Crippen LogP contribution in [0.3, 0.4) is 0 Å². The van der Waals surface area contributed by atoms with Crippen LogP contribution in [0.15, 0.2) is 53.6 Å². The van der Waals surface area contributed by atoms with Crippen molar-refractivity contribution in [1.82, 2.24) is 4.90 Å². The molecule has 0 unspecified atom stereocenters. The summed E-state index contributed by atoms with van der Waals surface area (Å²) in [5, 5.41) is 4.55. The van der Waals surface area contributed by atoms with Crippen molar-refractivity contribution >= 4 is 35.0 Å². The first-order chi connectivity index (χ1) is 15.0. The Bertz CT molecular complexity index is 1010. The maximum absolute atomic E-state index is 13.1. The Morgan fingerprint density at radius 3 is 2.55 bits per heavy atom. The van der Waals surface area contributed by atoms with Gasteiger partial charge < -0.3 is 19.9 Å². The molecular weight excluding hydrogens is 410 g/mol. The molecule has 1 fully saturated rings. The Labute approximate surface area is 187 Å². The zero-order valence-electron chi connectivity index (χ0n) is 17.9. The van der Waals surface area contributed by atoms with Gasteiger partial charge in [-0.3, -0.25) is 9.59 Å². The summed E-state index contributed by atoms with van der Waals surface area (Å²) in [6.07, 6.45) is 0. The number of hydrogen-bond donors (Lipinski definition) is 1. The minimum Gasteiger partial charge on any atom is -0.487 e. The van der Waals surface area contributed by atoms with Crippen LogP contribution in [0.4, 0.5) is 11.4 Å². The molecule has 0 aliphatic carbocycles. The highest BCUT2D eigenvalue weighted by molar-refractivity contribution is 8.02. The van der Waals surface area contributed by atoms with Crippen molar-refractivity contribution in [2.45, 2.75) is 13.8 Å². The smallest absolute Gasteiger partial charge is 0.291 e. The highest BCUT2D eigenvalue weighted by Gasteiger charge is 2.24. The number of hydrogen-bond acceptors (Lipinski definition) is 5. The second-order valence-corrected chi connectivity index (χ2v) is 8.71. The molecule has 0 radical (unpaired) electrons. The molecule has 2 aliphatic rings. The minimum atomic E-state index is -0.293. The van der Waals surface area contributed by atoms with E-state index in [-0.39, 0.29) is 11.8 Å². The topological polar surface area (TPSA) is 61.9 Å². The first kappa shape index (κ1) is 21.3. The Balaban J connectivity index is 1.39. The number of nitrogens with zero attached hydrogens (tertiary/aromatic N) is 2. The van der Waals surface area contributed by atoms with E-state index in [1.54, 1.807) is 41.4 Å². The third kappa shape index (κ3) is 4.88. The lowest BCUT2D eigenvalue weighted by Gasteiger charge is -2.37. The number of piperazine rings is 1. The summed E-state index contributed by atoms with van der Waals surface area (Å²) >= 11 is 1.56. The van der Waals surface area contributed by atoms with Crippen molar-refractivity contribution in [2.75, 3.05) is 48.8 Å². The molecule has 2 aromatic rings. The van der Waals surface area contributed by atoms with Crippen molar-refractivity contribution < 1.29 is 14.3 Å². The number of carbonyl (C=O) groups is 2. The zero-order valence-corrected chi connectivity index (χ0v) is 18.7. The molecule has 2 heterocycles. The quantitative estimate of drug-likeness (QED) is 0.788. The van der Waals surface area contributed by atoms with Gasteiger partial charge in [0, 0.05) is 54.3 Å². The van der Waals surface area contributed by atoms with Crippen LogP contribution >= 0.6 is 11.8 Å². The van der Waals surface area contributed by atoms with E-state index in [1.807, 2.05) is 4.90 Å². The van der Waals surface area contributed by atoms with E-state index in [1.165, 1.54) is 16.8 Å². The van der Waals surface area contributed by atoms with Crippen molar-refractivity contribution in [2.24, 2.45) is 0 Å². The molecule has 0 saturated carbocycles. The summed E-state index contributed by atoms with van der Waals surface area (Å²) in [5.41, 5.74) is 4.98. The van der Waals surface area contributed by atoms with E-state index in [0.29, 0.717) is 36.7 Å². The number of carbonyl (C=O) groups excluding carboxylic acids is 2. The van der Waals surface area contributed by atoms with E-state index < -0.39 is 0 Å². The van der Waals surface area contributed by atoms with Crippen LogP contribution in [0.2, 0.25) is 0 Å². The van der Waals surface area contributed by atoms with Crippen LogP contribution in [0.25, 0.3) is 0 Å². The molecule has 0 bridgehead atoms. The standard InChI is InChI=1S/C24H27N3O3S/c1-17-5-3-8-21(18(17)2)26-9-11-27(12-10-26)24(29)19-6-4-7-20(15-19)25-23(28)22-16-31-14-13-30-22/h3-8,15-16H,9-14H2,1-2H3,(H,25,28). The molecular formula is C24H27N3O3S. The predicted molar refractivity (Wildman–Crippen MR) is 126 cm³/mol. The second kappa shape index (κ2) is 9.47. The van der Waals surface area contributed by atoms with E-state index in [9.17, 15) is 9.59 Å². The van der Waals surface area contributed by atoms with Crippen molar-refractivity contribution in [3.63, 3.8) is 0 Å². The Morgan fingerprint density at radius 2 is 1.81 bits per heavy atom. The van der Waals surface area contributed by atoms with Gasteiger partial charge in [0.1, 0.15) is 0 Å². The summed E-state index contributed by atoms with van der Waals surface area (Å²) in [4.78, 5) is 29.6. The van der Waals surface area contributed by atoms with Gasteiger partial charge >= 0.3 is 0 Å². The average molecular weight is 438 g/mol. The third-order valence-corrected chi connectivity index (χ3v) is 6.51. The average Bonchev–Trinajstić information content (AvgIpc) is 2.81. The number of nitrogens with one attached hydrogen (secondary N) is 1. The molecule has 162 valence electrons. The van der Waals surface area contributed by atoms with Crippen LogP contribution in [0.1, 0.15) is 21.5 Å². The molecule has 0 aromatic heterocycles. The van der Waals surface area contributed by atoms with Crippen molar-refractivity contribution in [1.29, 1.82) is 0 Å². The molecule has 7 heteroatoms. The molecule has 2 aromatic carbocycles. The van der Waals surface area contributed by atoms with Gasteiger partial charge in [0.15, 0.2) is 5.76 Å². The van der Waals surface area contributed by atoms with Gasteiger partial charge in [-0.2, -0.15) is 0 Å². The van der Waals surface area contributed by atoms with Gasteiger partial charge in [-0.1, -0.05) is 18.2 Å². The molecule has 4 rings (SSSR count). The maximum atomic E-state index is 13.1. The van der Waals surface area contributed by atoms with Crippen molar-refractivity contribution in [3.8, 4) is 0 Å². The van der Waals surface area contributed by atoms with Crippen LogP contribution in [-0.2, 0) is 9.53 Å². The normalized spacial score (nSPS) is 16.4. The number of ether oxygens (including phenoxy) is 1. The fraction of sp³-hybridized carbons (Fsp3) is 0.333. The predicted octanol–water partition coefficient (Wildman–Crippen LogP) is 3.81. The van der Waals surface area contributed by atoms with Gasteiger partial charge in [0.25, 0.3) is 11.8 Å². The summed E-state index contributed by atoms with van der Waals surface area (Å²) < 4.78 is 5.40. The maximum Gasteiger partial charge on any atom is 0.291 e. The summed E-state index contributed by atoms with van der Waals surface area (Å²) in [6, 6.07) is 13.5. The zero-order chi connectivity index (χ0) is 21.8. The lowest BCUT2D eigenvalue weighted by Crippen LogP contribution is -2.49. The van der Waals surface area contributed by atoms with E-state index in [2.05, 4.69) is 42.3 Å². The number of rotatable bonds is 4. The number of thioether (sulfide) groups is 1. The van der Waals surface area contributed by atoms with Gasteiger partial charge in [-0.05, 0) is 49.2 Å². The molecule has 1 saturated heterocycles. The van der Waals surface area contributed by atoms with Crippen LogP contribution < -0.4 is 10.2 Å². The Hall–Kier alpha value is -2.93. The second-order valence-electron chi connectivity index (χ2n) is 7.73. The molecule has 2 aliphatic heterocycles. The molecule has 6 nitrogen and oxygen atoms in total. The minimum absolute atomic E-state index is 0.0135. The lowest BCUT2D eigenvalue weighted by molar-refractivity contribution is -0.116. The molecule has 0 atom stereocenters. The SMILES string of the molecule is Cc1cccc(N2CCN(C(=O)c3cccc(NC(=O)C4=CSCCO4)c3)CC2)c1C. The number of benzene rings is 2. The first-order valence-electron chi connectivity index (χ1n) is 10.5. The molecule has 31 heavy (non-hydrogen) atoms. The largest absolute Gasteiger partial charge is 0.487 e. The van der Waals surface area contributed by atoms with Crippen LogP contribution in [0, 0.1) is 13.8 Å². The summed E-state index contributed by atoms with van der Waals surface area (Å²) in [6.45, 7) is 7.73. The van der Waals surface area contributed by atoms with E-state index >= 15 is 0 Å². The Morgan fingerprint density at radius 1 is 1.03 bits per heavy atom.